The van der Waals surface area contributed by atoms with Gasteiger partial charge in [-0.1, -0.05) is 97.1 Å². The first-order chi connectivity index (χ1) is 18.9. The molecule has 5 rings (SSSR count). The average molecular weight is 542 g/mol. The molecule has 1 fully saturated rings. The number of amides is 2. The highest BCUT2D eigenvalue weighted by Crippen LogP contribution is 2.27. The average Bonchev–Trinajstić information content (AvgIpc) is 2.97. The Morgan fingerprint density at radius 1 is 0.692 bits per heavy atom. The van der Waals surface area contributed by atoms with Crippen LogP contribution in [0, 0.1) is 0 Å². The zero-order valence-corrected chi connectivity index (χ0v) is 22.5. The van der Waals surface area contributed by atoms with E-state index in [2.05, 4.69) is 18.2 Å². The van der Waals surface area contributed by atoms with Crippen LogP contribution in [-0.4, -0.2) is 59.9 Å². The van der Waals surface area contributed by atoms with Crippen LogP contribution in [0.4, 0.5) is 0 Å². The standard InChI is InChI=1S/C31H31N3O4S/c35-30-29(24-32-20-18-28(19-21-32)27-14-8-3-9-15-27)31(36)34(23-17-26-12-6-2-7-13-26)39(37,38)33(30)22-16-25-10-4-1-5-11-25/h1-15,18,24H,16-17,19-23H2. The zero-order valence-electron chi connectivity index (χ0n) is 21.6. The summed E-state index contributed by atoms with van der Waals surface area (Å²) in [5.74, 6) is -1.55. The minimum atomic E-state index is -4.33. The molecule has 2 aliphatic rings. The van der Waals surface area contributed by atoms with E-state index in [1.807, 2.05) is 83.8 Å². The van der Waals surface area contributed by atoms with Gasteiger partial charge >= 0.3 is 10.2 Å². The van der Waals surface area contributed by atoms with Gasteiger partial charge in [-0.25, -0.2) is 8.61 Å². The van der Waals surface area contributed by atoms with Crippen molar-refractivity contribution in [3.8, 4) is 0 Å². The molecule has 7 nitrogen and oxygen atoms in total. The van der Waals surface area contributed by atoms with Crippen LogP contribution in [0.3, 0.4) is 0 Å². The molecule has 2 aliphatic heterocycles. The van der Waals surface area contributed by atoms with Crippen molar-refractivity contribution < 1.29 is 18.0 Å². The fourth-order valence-corrected chi connectivity index (χ4v) is 6.38. The molecule has 2 amide bonds. The first-order valence-electron chi connectivity index (χ1n) is 13.1. The van der Waals surface area contributed by atoms with Gasteiger partial charge < -0.3 is 4.90 Å². The number of benzene rings is 3. The van der Waals surface area contributed by atoms with Crippen molar-refractivity contribution >= 4 is 27.6 Å². The van der Waals surface area contributed by atoms with E-state index in [4.69, 9.17) is 0 Å². The summed E-state index contributed by atoms with van der Waals surface area (Å²) in [6.45, 7) is 1.05. The third-order valence-electron chi connectivity index (χ3n) is 7.06. The number of carbonyl (C=O) groups is 2. The molecule has 1 saturated heterocycles. The van der Waals surface area contributed by atoms with E-state index in [9.17, 15) is 18.0 Å². The van der Waals surface area contributed by atoms with Crippen LogP contribution >= 0.6 is 0 Å². The van der Waals surface area contributed by atoms with E-state index in [0.717, 1.165) is 31.7 Å². The van der Waals surface area contributed by atoms with Gasteiger partial charge in [-0.15, -0.1) is 0 Å². The van der Waals surface area contributed by atoms with Gasteiger partial charge in [0, 0.05) is 32.4 Å². The lowest BCUT2D eigenvalue weighted by Gasteiger charge is -2.36. The van der Waals surface area contributed by atoms with Crippen molar-refractivity contribution in [2.45, 2.75) is 19.3 Å². The second kappa shape index (κ2) is 11.7. The molecule has 8 heteroatoms. The molecular formula is C31H31N3O4S. The number of hydrogen-bond acceptors (Lipinski definition) is 5. The smallest absolute Gasteiger partial charge is 0.331 e. The summed E-state index contributed by atoms with van der Waals surface area (Å²) < 4.78 is 28.9. The Kier molecular flexibility index (Phi) is 7.93. The molecule has 0 aromatic heterocycles. The Bertz CT molecular complexity index is 1420. The summed E-state index contributed by atoms with van der Waals surface area (Å²) in [6.07, 6.45) is 5.09. The molecule has 0 unspecified atom stereocenters. The molecule has 0 bridgehead atoms. The molecule has 0 aliphatic carbocycles. The first kappa shape index (κ1) is 26.4. The number of hydrogen-bond donors (Lipinski definition) is 0. The van der Waals surface area contributed by atoms with E-state index in [1.165, 1.54) is 5.57 Å². The van der Waals surface area contributed by atoms with E-state index in [0.29, 0.717) is 25.9 Å². The Labute approximate surface area is 229 Å². The molecule has 0 spiro atoms. The number of rotatable bonds is 8. The van der Waals surface area contributed by atoms with E-state index in [-0.39, 0.29) is 18.7 Å². The van der Waals surface area contributed by atoms with Gasteiger partial charge in [-0.2, -0.15) is 8.42 Å². The van der Waals surface area contributed by atoms with Crippen LogP contribution in [-0.2, 0) is 32.6 Å². The SMILES string of the molecule is O=C1C(=CN2CC=C(c3ccccc3)CC2)C(=O)N(CCc2ccccc2)S(=O)(=O)N1CCc1ccccc1. The Morgan fingerprint density at radius 3 is 1.64 bits per heavy atom. The lowest BCUT2D eigenvalue weighted by molar-refractivity contribution is -0.132. The monoisotopic (exact) mass is 541 g/mol. The summed E-state index contributed by atoms with van der Waals surface area (Å²) in [5.41, 5.74) is 4.06. The number of carbonyl (C=O) groups excluding carboxylic acids is 2. The quantitative estimate of drug-likeness (QED) is 0.318. The van der Waals surface area contributed by atoms with Crippen molar-refractivity contribution in [3.05, 3.63) is 126 Å². The Balaban J connectivity index is 1.41. The molecule has 0 atom stereocenters. The lowest BCUT2D eigenvalue weighted by atomic mass is 9.99. The van der Waals surface area contributed by atoms with Crippen molar-refractivity contribution in [1.29, 1.82) is 0 Å². The molecule has 3 aromatic carbocycles. The van der Waals surface area contributed by atoms with Gasteiger partial charge in [-0.05, 0) is 41.5 Å². The maximum atomic E-state index is 13.6. The predicted octanol–water partition coefficient (Wildman–Crippen LogP) is 4.06. The molecule has 0 N–H and O–H groups in total. The molecular weight excluding hydrogens is 510 g/mol. The van der Waals surface area contributed by atoms with Gasteiger partial charge in [0.15, 0.2) is 0 Å². The topological polar surface area (TPSA) is 78.0 Å². The molecule has 0 radical (unpaired) electrons. The fourth-order valence-electron chi connectivity index (χ4n) is 4.88. The van der Waals surface area contributed by atoms with Crippen LogP contribution in [0.2, 0.25) is 0 Å². The second-order valence-corrected chi connectivity index (χ2v) is 11.4. The Morgan fingerprint density at radius 2 is 1.18 bits per heavy atom. The van der Waals surface area contributed by atoms with Crippen molar-refractivity contribution in [2.75, 3.05) is 26.2 Å². The highest BCUT2D eigenvalue weighted by Gasteiger charge is 2.46. The normalized spacial score (nSPS) is 17.3. The van der Waals surface area contributed by atoms with Crippen LogP contribution < -0.4 is 0 Å². The highest BCUT2D eigenvalue weighted by molar-refractivity contribution is 7.88. The largest absolute Gasteiger partial charge is 0.372 e. The lowest BCUT2D eigenvalue weighted by Crippen LogP contribution is -2.57. The van der Waals surface area contributed by atoms with Crippen molar-refractivity contribution in [3.63, 3.8) is 0 Å². The molecule has 200 valence electrons. The molecule has 3 aromatic rings. The van der Waals surface area contributed by atoms with Gasteiger partial charge in [0.1, 0.15) is 5.57 Å². The fraction of sp³-hybridized carbons (Fsp3) is 0.226. The van der Waals surface area contributed by atoms with Gasteiger partial charge in [0.05, 0.1) is 0 Å². The van der Waals surface area contributed by atoms with Crippen LogP contribution in [0.25, 0.3) is 5.57 Å². The molecule has 39 heavy (non-hydrogen) atoms. The van der Waals surface area contributed by atoms with Crippen molar-refractivity contribution in [1.82, 2.24) is 13.5 Å². The molecule has 0 saturated carbocycles. The second-order valence-electron chi connectivity index (χ2n) is 9.62. The van der Waals surface area contributed by atoms with E-state index in [1.54, 1.807) is 6.20 Å². The van der Waals surface area contributed by atoms with Gasteiger partial charge in [0.2, 0.25) is 0 Å². The summed E-state index contributed by atoms with van der Waals surface area (Å²) >= 11 is 0. The van der Waals surface area contributed by atoms with Crippen molar-refractivity contribution in [2.24, 2.45) is 0 Å². The summed E-state index contributed by atoms with van der Waals surface area (Å²) in [5, 5.41) is 0. The summed E-state index contributed by atoms with van der Waals surface area (Å²) in [4.78, 5) is 29.0. The third kappa shape index (κ3) is 5.96. The first-order valence-corrected chi connectivity index (χ1v) is 14.5. The minimum absolute atomic E-state index is 0.0459. The highest BCUT2D eigenvalue weighted by atomic mass is 32.2. The molecule has 2 heterocycles. The predicted molar refractivity (Wildman–Crippen MR) is 151 cm³/mol. The maximum Gasteiger partial charge on any atom is 0.331 e. The zero-order chi connectivity index (χ0) is 27.2. The summed E-state index contributed by atoms with van der Waals surface area (Å²) in [7, 11) is -4.33. The van der Waals surface area contributed by atoms with E-state index >= 15 is 0 Å². The van der Waals surface area contributed by atoms with Gasteiger partial charge in [0.25, 0.3) is 11.8 Å². The van der Waals surface area contributed by atoms with Crippen LogP contribution in [0.5, 0.6) is 0 Å². The maximum absolute atomic E-state index is 13.6. The Hall–Kier alpha value is -4.17. The number of nitrogens with zero attached hydrogens (tertiary/aromatic N) is 3. The summed E-state index contributed by atoms with van der Waals surface area (Å²) in [6, 6.07) is 28.9. The third-order valence-corrected chi connectivity index (χ3v) is 8.87. The van der Waals surface area contributed by atoms with Crippen LogP contribution in [0.1, 0.15) is 23.1 Å². The minimum Gasteiger partial charge on any atom is -0.372 e. The van der Waals surface area contributed by atoms with E-state index < -0.39 is 22.0 Å². The van der Waals surface area contributed by atoms with Crippen LogP contribution in [0.15, 0.2) is 109 Å². The van der Waals surface area contributed by atoms with Gasteiger partial charge in [-0.3, -0.25) is 9.59 Å².